The third-order valence-corrected chi connectivity index (χ3v) is 3.45. The van der Waals surface area contributed by atoms with Crippen molar-refractivity contribution in [1.29, 1.82) is 0 Å². The molecule has 0 spiro atoms. The Labute approximate surface area is 123 Å². The molecule has 3 aromatic heterocycles. The zero-order valence-corrected chi connectivity index (χ0v) is 12.5. The van der Waals surface area contributed by atoms with E-state index in [-0.39, 0.29) is 4.83 Å². The summed E-state index contributed by atoms with van der Waals surface area (Å²) in [7, 11) is 0. The molecular weight excluding hydrogens is 330 g/mol. The van der Waals surface area contributed by atoms with Crippen molar-refractivity contribution in [2.75, 3.05) is 0 Å². The van der Waals surface area contributed by atoms with Crippen molar-refractivity contribution in [2.24, 2.45) is 0 Å². The van der Waals surface area contributed by atoms with Gasteiger partial charge < -0.3 is 4.40 Å². The van der Waals surface area contributed by atoms with Gasteiger partial charge in [-0.1, -0.05) is 32.7 Å². The first-order chi connectivity index (χ1) is 9.11. The molecule has 3 aromatic rings. The predicted octanol–water partition coefficient (Wildman–Crippen LogP) is 3.08. The van der Waals surface area contributed by atoms with E-state index >= 15 is 0 Å². The third-order valence-electron chi connectivity index (χ3n) is 2.75. The zero-order chi connectivity index (χ0) is 13.4. The minimum Gasteiger partial charge on any atom is -0.305 e. The number of hydrogen-bond donors (Lipinski definition) is 0. The molecular formula is C12H11BrClN5. The first-order valence-corrected chi connectivity index (χ1v) is 7.08. The Balaban J connectivity index is 1.87. The topological polar surface area (TPSA) is 48.0 Å². The molecule has 0 N–H and O–H groups in total. The van der Waals surface area contributed by atoms with Crippen LogP contribution in [0.1, 0.15) is 23.1 Å². The second-order valence-corrected chi connectivity index (χ2v) is 6.11. The van der Waals surface area contributed by atoms with Gasteiger partial charge in [0, 0.05) is 12.4 Å². The minimum absolute atomic E-state index is 0.195. The first kappa shape index (κ1) is 12.6. The SMILES string of the molecule is CC(Br)c1cn(Cc2cn3cc(Cl)ccc3n2)nn1. The molecule has 0 saturated carbocycles. The predicted molar refractivity (Wildman–Crippen MR) is 76.7 cm³/mol. The molecule has 3 rings (SSSR count). The van der Waals surface area contributed by atoms with Gasteiger partial charge in [0.1, 0.15) is 5.65 Å². The second kappa shape index (κ2) is 4.94. The summed E-state index contributed by atoms with van der Waals surface area (Å²) >= 11 is 9.41. The van der Waals surface area contributed by atoms with E-state index in [1.54, 1.807) is 4.68 Å². The Morgan fingerprint density at radius 3 is 2.89 bits per heavy atom. The van der Waals surface area contributed by atoms with E-state index in [9.17, 15) is 0 Å². The van der Waals surface area contributed by atoms with Crippen LogP contribution >= 0.6 is 27.5 Å². The summed E-state index contributed by atoms with van der Waals surface area (Å²) in [6, 6.07) is 3.72. The van der Waals surface area contributed by atoms with Gasteiger partial charge >= 0.3 is 0 Å². The van der Waals surface area contributed by atoms with Crippen molar-refractivity contribution >= 4 is 33.2 Å². The highest BCUT2D eigenvalue weighted by Crippen LogP contribution is 2.18. The second-order valence-electron chi connectivity index (χ2n) is 4.30. The summed E-state index contributed by atoms with van der Waals surface area (Å²) in [6.45, 7) is 2.60. The highest BCUT2D eigenvalue weighted by Gasteiger charge is 2.08. The van der Waals surface area contributed by atoms with Crippen LogP contribution < -0.4 is 0 Å². The Bertz CT molecular complexity index is 718. The van der Waals surface area contributed by atoms with E-state index < -0.39 is 0 Å². The molecule has 3 heterocycles. The molecule has 98 valence electrons. The van der Waals surface area contributed by atoms with Crippen LogP contribution in [0.3, 0.4) is 0 Å². The Morgan fingerprint density at radius 2 is 2.16 bits per heavy atom. The van der Waals surface area contributed by atoms with E-state index in [4.69, 9.17) is 11.6 Å². The van der Waals surface area contributed by atoms with Crippen LogP contribution in [-0.2, 0) is 6.54 Å². The Morgan fingerprint density at radius 1 is 1.32 bits per heavy atom. The van der Waals surface area contributed by atoms with Gasteiger partial charge in [-0.05, 0) is 19.1 Å². The molecule has 0 radical (unpaired) electrons. The molecule has 0 amide bonds. The summed E-state index contributed by atoms with van der Waals surface area (Å²) in [5, 5.41) is 8.86. The van der Waals surface area contributed by atoms with Crippen LogP contribution in [-0.4, -0.2) is 24.4 Å². The van der Waals surface area contributed by atoms with Crippen molar-refractivity contribution in [3.8, 4) is 0 Å². The molecule has 19 heavy (non-hydrogen) atoms. The molecule has 0 fully saturated rings. The van der Waals surface area contributed by atoms with Gasteiger partial charge in [-0.3, -0.25) is 0 Å². The average Bonchev–Trinajstić information content (AvgIpc) is 2.95. The van der Waals surface area contributed by atoms with Gasteiger partial charge in [-0.25, -0.2) is 9.67 Å². The quantitative estimate of drug-likeness (QED) is 0.688. The lowest BCUT2D eigenvalue weighted by atomic mass is 10.4. The Hall–Kier alpha value is -1.40. The number of hydrogen-bond acceptors (Lipinski definition) is 3. The van der Waals surface area contributed by atoms with Crippen LogP contribution in [0.25, 0.3) is 5.65 Å². The lowest BCUT2D eigenvalue weighted by molar-refractivity contribution is 0.640. The largest absolute Gasteiger partial charge is 0.305 e. The van der Waals surface area contributed by atoms with E-state index in [0.717, 1.165) is 17.0 Å². The third kappa shape index (κ3) is 2.64. The van der Waals surface area contributed by atoms with Crippen molar-refractivity contribution < 1.29 is 0 Å². The maximum Gasteiger partial charge on any atom is 0.137 e. The number of alkyl halides is 1. The van der Waals surface area contributed by atoms with Crippen molar-refractivity contribution in [3.05, 3.63) is 47.1 Å². The number of aromatic nitrogens is 5. The van der Waals surface area contributed by atoms with E-state index in [1.165, 1.54) is 0 Å². The summed E-state index contributed by atoms with van der Waals surface area (Å²) in [6.07, 6.45) is 5.69. The standard InChI is InChI=1S/C12H11BrClN5/c1-8(13)11-7-19(17-16-11)6-10-5-18-4-9(14)2-3-12(18)15-10/h2-5,7-8H,6H2,1H3. The van der Waals surface area contributed by atoms with Gasteiger partial charge in [0.2, 0.25) is 0 Å². The van der Waals surface area contributed by atoms with Crippen LogP contribution in [0.5, 0.6) is 0 Å². The maximum absolute atomic E-state index is 5.94. The highest BCUT2D eigenvalue weighted by molar-refractivity contribution is 9.09. The lowest BCUT2D eigenvalue weighted by Crippen LogP contribution is -2.00. The molecule has 7 heteroatoms. The van der Waals surface area contributed by atoms with Crippen LogP contribution in [0.2, 0.25) is 5.02 Å². The smallest absolute Gasteiger partial charge is 0.137 e. The average molecular weight is 341 g/mol. The maximum atomic E-state index is 5.94. The number of pyridine rings is 1. The molecule has 1 atom stereocenters. The van der Waals surface area contributed by atoms with Gasteiger partial charge in [0.05, 0.1) is 34.0 Å². The number of fused-ring (bicyclic) bond motifs is 1. The van der Waals surface area contributed by atoms with Crippen molar-refractivity contribution in [2.45, 2.75) is 18.3 Å². The lowest BCUT2D eigenvalue weighted by Gasteiger charge is -1.95. The summed E-state index contributed by atoms with van der Waals surface area (Å²) < 4.78 is 3.68. The van der Waals surface area contributed by atoms with Crippen LogP contribution in [0.15, 0.2) is 30.7 Å². The molecule has 0 aliphatic carbocycles. The fourth-order valence-corrected chi connectivity index (χ4v) is 2.21. The Kier molecular flexibility index (Phi) is 3.28. The molecule has 0 bridgehead atoms. The van der Waals surface area contributed by atoms with Crippen molar-refractivity contribution in [3.63, 3.8) is 0 Å². The van der Waals surface area contributed by atoms with Gasteiger partial charge in [-0.2, -0.15) is 0 Å². The van der Waals surface area contributed by atoms with E-state index in [1.807, 2.05) is 42.0 Å². The number of halogens is 2. The van der Waals surface area contributed by atoms with E-state index in [0.29, 0.717) is 11.6 Å². The fourth-order valence-electron chi connectivity index (χ4n) is 1.83. The number of rotatable bonds is 3. The monoisotopic (exact) mass is 339 g/mol. The first-order valence-electron chi connectivity index (χ1n) is 5.79. The van der Waals surface area contributed by atoms with Crippen LogP contribution in [0.4, 0.5) is 0 Å². The normalized spacial score (nSPS) is 13.0. The molecule has 5 nitrogen and oxygen atoms in total. The number of imidazole rings is 1. The molecule has 0 saturated heterocycles. The van der Waals surface area contributed by atoms with Crippen LogP contribution in [0, 0.1) is 0 Å². The summed E-state index contributed by atoms with van der Waals surface area (Å²) in [4.78, 5) is 4.70. The zero-order valence-electron chi connectivity index (χ0n) is 10.2. The van der Waals surface area contributed by atoms with E-state index in [2.05, 4.69) is 31.2 Å². The highest BCUT2D eigenvalue weighted by atomic mass is 79.9. The van der Waals surface area contributed by atoms with Gasteiger partial charge in [0.15, 0.2) is 0 Å². The molecule has 0 aliphatic heterocycles. The number of nitrogens with zero attached hydrogens (tertiary/aromatic N) is 5. The molecule has 0 aromatic carbocycles. The minimum atomic E-state index is 0.195. The summed E-state index contributed by atoms with van der Waals surface area (Å²) in [5.41, 5.74) is 2.70. The van der Waals surface area contributed by atoms with Crippen molar-refractivity contribution in [1.82, 2.24) is 24.4 Å². The summed E-state index contributed by atoms with van der Waals surface area (Å²) in [5.74, 6) is 0. The van der Waals surface area contributed by atoms with Gasteiger partial charge in [0.25, 0.3) is 0 Å². The molecule has 0 aliphatic rings. The van der Waals surface area contributed by atoms with Gasteiger partial charge in [-0.15, -0.1) is 5.10 Å². The fraction of sp³-hybridized carbons (Fsp3) is 0.250. The molecule has 1 unspecified atom stereocenters.